The highest BCUT2D eigenvalue weighted by Gasteiger charge is 2.20. The fourth-order valence-electron chi connectivity index (χ4n) is 2.25. The van der Waals surface area contributed by atoms with Gasteiger partial charge in [0.1, 0.15) is 0 Å². The van der Waals surface area contributed by atoms with Crippen molar-refractivity contribution in [2.24, 2.45) is 0 Å². The molecule has 17 heavy (non-hydrogen) atoms. The first-order valence-electron chi connectivity index (χ1n) is 5.38. The molecule has 0 bridgehead atoms. The highest BCUT2D eigenvalue weighted by molar-refractivity contribution is 5.95. The highest BCUT2D eigenvalue weighted by atomic mass is 16.4. The van der Waals surface area contributed by atoms with Crippen LogP contribution in [0.15, 0.2) is 24.3 Å². The first-order valence-corrected chi connectivity index (χ1v) is 5.38. The molecule has 1 aromatic carbocycles. The molecule has 1 aliphatic rings. The summed E-state index contributed by atoms with van der Waals surface area (Å²) >= 11 is 0. The highest BCUT2D eigenvalue weighted by Crippen LogP contribution is 2.32. The van der Waals surface area contributed by atoms with Crippen LogP contribution in [0.4, 0.5) is 0 Å². The number of allylic oxidation sites excluding steroid dienone is 1. The number of rotatable bonds is 2. The maximum absolute atomic E-state index is 11.1. The molecule has 0 heterocycles. The van der Waals surface area contributed by atoms with Crippen LogP contribution >= 0.6 is 0 Å². The normalized spacial score (nSPS) is 16.6. The van der Waals surface area contributed by atoms with E-state index in [4.69, 9.17) is 10.2 Å². The molecule has 1 aliphatic carbocycles. The van der Waals surface area contributed by atoms with E-state index in [9.17, 15) is 9.59 Å². The number of carboxylic acids is 2. The van der Waals surface area contributed by atoms with Gasteiger partial charge in [-0.3, -0.25) is 0 Å². The molecule has 2 N–H and O–H groups in total. The SMILES string of the molecule is O=C(O)C=C1CCCc2c(C(=O)O)cccc21. The Morgan fingerprint density at radius 3 is 2.59 bits per heavy atom. The third kappa shape index (κ3) is 2.20. The summed E-state index contributed by atoms with van der Waals surface area (Å²) < 4.78 is 0. The van der Waals surface area contributed by atoms with E-state index in [1.54, 1.807) is 18.2 Å². The number of fused-ring (bicyclic) bond motifs is 1. The zero-order valence-corrected chi connectivity index (χ0v) is 9.14. The van der Waals surface area contributed by atoms with Gasteiger partial charge in [0.25, 0.3) is 0 Å². The van der Waals surface area contributed by atoms with Crippen LogP contribution in [-0.4, -0.2) is 22.2 Å². The van der Waals surface area contributed by atoms with Gasteiger partial charge in [-0.25, -0.2) is 9.59 Å². The van der Waals surface area contributed by atoms with Crippen molar-refractivity contribution in [3.63, 3.8) is 0 Å². The Hall–Kier alpha value is -2.10. The third-order valence-corrected chi connectivity index (χ3v) is 2.92. The van der Waals surface area contributed by atoms with E-state index in [-0.39, 0.29) is 5.56 Å². The number of aromatic carboxylic acids is 1. The van der Waals surface area contributed by atoms with Crippen molar-refractivity contribution in [1.29, 1.82) is 0 Å². The van der Waals surface area contributed by atoms with E-state index in [2.05, 4.69) is 0 Å². The van der Waals surface area contributed by atoms with Crippen LogP contribution in [-0.2, 0) is 11.2 Å². The fraction of sp³-hybridized carbons (Fsp3) is 0.231. The lowest BCUT2D eigenvalue weighted by molar-refractivity contribution is -0.131. The summed E-state index contributed by atoms with van der Waals surface area (Å²) in [4.78, 5) is 21.8. The lowest BCUT2D eigenvalue weighted by Gasteiger charge is -2.20. The Labute approximate surface area is 98.2 Å². The smallest absolute Gasteiger partial charge is 0.335 e. The van der Waals surface area contributed by atoms with Crippen molar-refractivity contribution in [3.05, 3.63) is 41.0 Å². The third-order valence-electron chi connectivity index (χ3n) is 2.92. The van der Waals surface area contributed by atoms with Crippen molar-refractivity contribution in [2.45, 2.75) is 19.3 Å². The van der Waals surface area contributed by atoms with Gasteiger partial charge in [-0.05, 0) is 42.0 Å². The molecule has 0 radical (unpaired) electrons. The number of carboxylic acid groups (broad SMARTS) is 2. The minimum Gasteiger partial charge on any atom is -0.478 e. The molecule has 2 rings (SSSR count). The van der Waals surface area contributed by atoms with E-state index in [1.165, 1.54) is 6.08 Å². The molecule has 0 unspecified atom stereocenters. The molecule has 0 saturated heterocycles. The summed E-state index contributed by atoms with van der Waals surface area (Å²) in [7, 11) is 0. The summed E-state index contributed by atoms with van der Waals surface area (Å²) in [5.41, 5.74) is 2.50. The molecule has 4 nitrogen and oxygen atoms in total. The second-order valence-corrected chi connectivity index (χ2v) is 4.00. The van der Waals surface area contributed by atoms with Gasteiger partial charge in [-0.2, -0.15) is 0 Å². The zero-order chi connectivity index (χ0) is 12.4. The molecule has 0 amide bonds. The summed E-state index contributed by atoms with van der Waals surface area (Å²) in [5, 5.41) is 17.9. The molecule has 0 aromatic heterocycles. The van der Waals surface area contributed by atoms with Gasteiger partial charge in [-0.15, -0.1) is 0 Å². The Morgan fingerprint density at radius 1 is 1.18 bits per heavy atom. The van der Waals surface area contributed by atoms with Crippen LogP contribution in [0.3, 0.4) is 0 Å². The van der Waals surface area contributed by atoms with Crippen molar-refractivity contribution >= 4 is 17.5 Å². The van der Waals surface area contributed by atoms with Crippen LogP contribution in [0.1, 0.15) is 34.3 Å². The van der Waals surface area contributed by atoms with Gasteiger partial charge in [0.15, 0.2) is 0 Å². The molecule has 0 spiro atoms. The van der Waals surface area contributed by atoms with Crippen molar-refractivity contribution in [3.8, 4) is 0 Å². The number of hydrogen-bond donors (Lipinski definition) is 2. The van der Waals surface area contributed by atoms with Gasteiger partial charge < -0.3 is 10.2 Å². The monoisotopic (exact) mass is 232 g/mol. The minimum absolute atomic E-state index is 0.276. The van der Waals surface area contributed by atoms with E-state index < -0.39 is 11.9 Å². The quantitative estimate of drug-likeness (QED) is 0.766. The minimum atomic E-state index is -0.992. The molecule has 0 saturated carbocycles. The summed E-state index contributed by atoms with van der Waals surface area (Å²) in [6.45, 7) is 0. The van der Waals surface area contributed by atoms with E-state index in [1.807, 2.05) is 0 Å². The second-order valence-electron chi connectivity index (χ2n) is 4.00. The lowest BCUT2D eigenvalue weighted by atomic mass is 9.84. The molecule has 4 heteroatoms. The summed E-state index contributed by atoms with van der Waals surface area (Å²) in [5.74, 6) is -1.95. The molecule has 0 atom stereocenters. The fourth-order valence-corrected chi connectivity index (χ4v) is 2.25. The Bertz CT molecular complexity index is 514. The first-order chi connectivity index (χ1) is 8.09. The molecule has 1 aromatic rings. The second kappa shape index (κ2) is 4.41. The Morgan fingerprint density at radius 2 is 1.94 bits per heavy atom. The molecule has 88 valence electrons. The molecule has 0 aliphatic heterocycles. The number of carbonyl (C=O) groups is 2. The number of hydrogen-bond acceptors (Lipinski definition) is 2. The van der Waals surface area contributed by atoms with Crippen LogP contribution in [0.25, 0.3) is 5.57 Å². The standard InChI is InChI=1S/C13H12O4/c14-12(15)7-8-3-1-5-10-9(8)4-2-6-11(10)13(16)17/h2,4,6-7H,1,3,5H2,(H,14,15)(H,16,17). The van der Waals surface area contributed by atoms with Crippen molar-refractivity contribution < 1.29 is 19.8 Å². The van der Waals surface area contributed by atoms with Crippen molar-refractivity contribution in [2.75, 3.05) is 0 Å². The molecular formula is C13H12O4. The van der Waals surface area contributed by atoms with Gasteiger partial charge in [0, 0.05) is 6.08 Å². The van der Waals surface area contributed by atoms with Crippen LogP contribution in [0.5, 0.6) is 0 Å². The molecule has 0 fully saturated rings. The van der Waals surface area contributed by atoms with E-state index in [0.717, 1.165) is 17.5 Å². The average Bonchev–Trinajstić information content (AvgIpc) is 2.28. The average molecular weight is 232 g/mol. The Kier molecular flexibility index (Phi) is 2.95. The topological polar surface area (TPSA) is 74.6 Å². The zero-order valence-electron chi connectivity index (χ0n) is 9.14. The lowest BCUT2D eigenvalue weighted by Crippen LogP contribution is -2.10. The van der Waals surface area contributed by atoms with Crippen LogP contribution in [0, 0.1) is 0 Å². The van der Waals surface area contributed by atoms with Gasteiger partial charge in [0.2, 0.25) is 0 Å². The predicted molar refractivity (Wildman–Crippen MR) is 62.0 cm³/mol. The van der Waals surface area contributed by atoms with Gasteiger partial charge in [-0.1, -0.05) is 12.1 Å². The first kappa shape index (κ1) is 11.4. The van der Waals surface area contributed by atoms with Crippen LogP contribution < -0.4 is 0 Å². The van der Waals surface area contributed by atoms with Gasteiger partial charge >= 0.3 is 11.9 Å². The molecular weight excluding hydrogens is 220 g/mol. The summed E-state index contributed by atoms with van der Waals surface area (Å²) in [6, 6.07) is 5.00. The largest absolute Gasteiger partial charge is 0.478 e. The Balaban J connectivity index is 2.57. The van der Waals surface area contributed by atoms with E-state index in [0.29, 0.717) is 18.4 Å². The maximum atomic E-state index is 11.1. The van der Waals surface area contributed by atoms with Gasteiger partial charge in [0.05, 0.1) is 5.56 Å². The maximum Gasteiger partial charge on any atom is 0.335 e. The summed E-state index contributed by atoms with van der Waals surface area (Å²) in [6.07, 6.45) is 3.33. The number of benzene rings is 1. The van der Waals surface area contributed by atoms with Crippen LogP contribution in [0.2, 0.25) is 0 Å². The number of aliphatic carboxylic acids is 1. The van der Waals surface area contributed by atoms with E-state index >= 15 is 0 Å². The van der Waals surface area contributed by atoms with Crippen molar-refractivity contribution in [1.82, 2.24) is 0 Å². The predicted octanol–water partition coefficient (Wildman–Crippen LogP) is 2.19.